The molecule has 8 nitrogen and oxygen atoms in total. The van der Waals surface area contributed by atoms with Crippen molar-refractivity contribution in [3.8, 4) is 28.4 Å². The van der Waals surface area contributed by atoms with Crippen molar-refractivity contribution in [2.24, 2.45) is 5.92 Å². The summed E-state index contributed by atoms with van der Waals surface area (Å²) in [5.41, 5.74) is 4.37. The minimum absolute atomic E-state index is 0.0171. The molecule has 0 aromatic heterocycles. The summed E-state index contributed by atoms with van der Waals surface area (Å²) in [6.45, 7) is 1.60. The van der Waals surface area contributed by atoms with Gasteiger partial charge in [0.2, 0.25) is 5.91 Å². The number of nitrogens with zero attached hydrogens (tertiary/aromatic N) is 1. The van der Waals surface area contributed by atoms with E-state index in [4.69, 9.17) is 14.2 Å². The van der Waals surface area contributed by atoms with Crippen LogP contribution in [-0.2, 0) is 14.3 Å². The van der Waals surface area contributed by atoms with E-state index >= 15 is 0 Å². The molecule has 1 amide bonds. The SMILES string of the molecule is Cc1ccc(C(=O)Oc2ccc(C(=O)COC(=O)[C@H]3CC(=O)N(c4ccc(Oc5ccccc5-c5ccccc5)cc4)C3)cc2)cc1. The Bertz CT molecular complexity index is 1900. The number of hydrogen-bond acceptors (Lipinski definition) is 7. The lowest BCUT2D eigenvalue weighted by Gasteiger charge is -2.17. The summed E-state index contributed by atoms with van der Waals surface area (Å²) in [5, 5.41) is 0. The van der Waals surface area contributed by atoms with Crippen molar-refractivity contribution in [2.45, 2.75) is 13.3 Å². The second-order valence-corrected chi connectivity index (χ2v) is 11.2. The van der Waals surface area contributed by atoms with Crippen LogP contribution in [0.2, 0.25) is 0 Å². The number of aryl methyl sites for hydroxylation is 1. The second kappa shape index (κ2) is 14.0. The van der Waals surface area contributed by atoms with Crippen LogP contribution in [0.3, 0.4) is 0 Å². The minimum atomic E-state index is -0.701. The lowest BCUT2D eigenvalue weighted by atomic mass is 10.0. The van der Waals surface area contributed by atoms with Crippen LogP contribution in [0.25, 0.3) is 11.1 Å². The fourth-order valence-corrected chi connectivity index (χ4v) is 5.25. The average Bonchev–Trinajstić information content (AvgIpc) is 3.50. The van der Waals surface area contributed by atoms with Crippen molar-refractivity contribution in [1.82, 2.24) is 0 Å². The van der Waals surface area contributed by atoms with Crippen LogP contribution in [0, 0.1) is 12.8 Å². The summed E-state index contributed by atoms with van der Waals surface area (Å²) in [6.07, 6.45) is -0.0171. The lowest BCUT2D eigenvalue weighted by molar-refractivity contribution is -0.147. The van der Waals surface area contributed by atoms with Gasteiger partial charge in [-0.3, -0.25) is 14.4 Å². The van der Waals surface area contributed by atoms with Crippen molar-refractivity contribution >= 4 is 29.3 Å². The van der Waals surface area contributed by atoms with E-state index in [-0.39, 0.29) is 24.6 Å². The maximum absolute atomic E-state index is 12.8. The maximum atomic E-state index is 12.8. The third-order valence-corrected chi connectivity index (χ3v) is 7.83. The lowest BCUT2D eigenvalue weighted by Crippen LogP contribution is -2.27. The molecule has 0 aliphatic carbocycles. The first-order chi connectivity index (χ1) is 22.8. The van der Waals surface area contributed by atoms with Crippen LogP contribution in [0.1, 0.15) is 32.7 Å². The fourth-order valence-electron chi connectivity index (χ4n) is 5.25. The summed E-state index contributed by atoms with van der Waals surface area (Å²) in [7, 11) is 0. The zero-order chi connectivity index (χ0) is 32.8. The van der Waals surface area contributed by atoms with Gasteiger partial charge in [-0.1, -0.05) is 66.2 Å². The topological polar surface area (TPSA) is 99.2 Å². The Morgan fingerprint density at radius 2 is 1.36 bits per heavy atom. The second-order valence-electron chi connectivity index (χ2n) is 11.2. The molecule has 47 heavy (non-hydrogen) atoms. The Hall–Kier alpha value is -6.02. The highest BCUT2D eigenvalue weighted by molar-refractivity contribution is 6.01. The van der Waals surface area contributed by atoms with Gasteiger partial charge in [0.05, 0.1) is 11.5 Å². The summed E-state index contributed by atoms with van der Waals surface area (Å²) in [5.74, 6) is -0.855. The van der Waals surface area contributed by atoms with Crippen molar-refractivity contribution in [3.63, 3.8) is 0 Å². The molecular formula is C39H31NO7. The first-order valence-electron chi connectivity index (χ1n) is 15.2. The quantitative estimate of drug-likeness (QED) is 0.0903. The molecule has 0 unspecified atom stereocenters. The van der Waals surface area contributed by atoms with Crippen molar-refractivity contribution in [1.29, 1.82) is 0 Å². The van der Waals surface area contributed by atoms with Crippen LogP contribution < -0.4 is 14.4 Å². The molecule has 0 spiro atoms. The molecule has 6 rings (SSSR count). The van der Waals surface area contributed by atoms with E-state index in [9.17, 15) is 19.2 Å². The summed E-state index contributed by atoms with van der Waals surface area (Å²) in [4.78, 5) is 52.2. The molecule has 0 radical (unpaired) electrons. The summed E-state index contributed by atoms with van der Waals surface area (Å²) < 4.78 is 16.8. The molecule has 1 saturated heterocycles. The third kappa shape index (κ3) is 7.45. The van der Waals surface area contributed by atoms with Gasteiger partial charge in [-0.15, -0.1) is 0 Å². The minimum Gasteiger partial charge on any atom is -0.457 e. The number of ether oxygens (including phenoxy) is 3. The number of para-hydroxylation sites is 1. The molecule has 0 N–H and O–H groups in total. The van der Waals surface area contributed by atoms with Gasteiger partial charge in [0.1, 0.15) is 17.2 Å². The number of amides is 1. The smallest absolute Gasteiger partial charge is 0.343 e. The Kier molecular flexibility index (Phi) is 9.20. The molecule has 1 atom stereocenters. The number of Topliss-reactive ketones (excluding diaryl/α,β-unsaturated/α-hetero) is 1. The van der Waals surface area contributed by atoms with E-state index < -0.39 is 30.2 Å². The molecule has 0 bridgehead atoms. The summed E-state index contributed by atoms with van der Waals surface area (Å²) in [6, 6.07) is 37.9. The van der Waals surface area contributed by atoms with Gasteiger partial charge in [-0.2, -0.15) is 0 Å². The van der Waals surface area contributed by atoms with Gasteiger partial charge in [0.15, 0.2) is 12.4 Å². The number of carbonyl (C=O) groups is 4. The first kappa shape index (κ1) is 31.0. The van der Waals surface area contributed by atoms with Crippen molar-refractivity contribution in [2.75, 3.05) is 18.1 Å². The monoisotopic (exact) mass is 625 g/mol. The average molecular weight is 626 g/mol. The number of rotatable bonds is 10. The number of benzene rings is 5. The molecule has 5 aromatic carbocycles. The van der Waals surface area contributed by atoms with Crippen molar-refractivity contribution in [3.05, 3.63) is 144 Å². The largest absolute Gasteiger partial charge is 0.457 e. The van der Waals surface area contributed by atoms with E-state index in [2.05, 4.69) is 0 Å². The number of ketones is 1. The maximum Gasteiger partial charge on any atom is 0.343 e. The van der Waals surface area contributed by atoms with Gasteiger partial charge in [0, 0.05) is 29.8 Å². The Morgan fingerprint density at radius 3 is 2.09 bits per heavy atom. The zero-order valence-corrected chi connectivity index (χ0v) is 25.6. The number of anilines is 1. The van der Waals surface area contributed by atoms with Crippen LogP contribution in [0.15, 0.2) is 127 Å². The van der Waals surface area contributed by atoms with E-state index in [1.54, 1.807) is 36.4 Å². The molecule has 1 aliphatic rings. The highest BCUT2D eigenvalue weighted by atomic mass is 16.5. The Balaban J connectivity index is 1.00. The van der Waals surface area contributed by atoms with Crippen LogP contribution in [0.4, 0.5) is 5.69 Å². The number of hydrogen-bond donors (Lipinski definition) is 0. The molecule has 5 aromatic rings. The normalized spacial score (nSPS) is 14.0. The first-order valence-corrected chi connectivity index (χ1v) is 15.2. The van der Waals surface area contributed by atoms with Gasteiger partial charge in [-0.25, -0.2) is 4.79 Å². The molecule has 1 heterocycles. The van der Waals surface area contributed by atoms with Crippen LogP contribution in [0.5, 0.6) is 17.2 Å². The van der Waals surface area contributed by atoms with Gasteiger partial charge < -0.3 is 19.1 Å². The van der Waals surface area contributed by atoms with Gasteiger partial charge >= 0.3 is 11.9 Å². The van der Waals surface area contributed by atoms with E-state index in [0.717, 1.165) is 16.7 Å². The predicted molar refractivity (Wildman–Crippen MR) is 177 cm³/mol. The molecule has 234 valence electrons. The van der Waals surface area contributed by atoms with Crippen LogP contribution >= 0.6 is 0 Å². The molecule has 1 aliphatic heterocycles. The molecule has 1 fully saturated rings. The van der Waals surface area contributed by atoms with E-state index in [0.29, 0.717) is 28.3 Å². The Morgan fingerprint density at radius 1 is 0.723 bits per heavy atom. The van der Waals surface area contributed by atoms with E-state index in [1.165, 1.54) is 29.2 Å². The third-order valence-electron chi connectivity index (χ3n) is 7.83. The predicted octanol–water partition coefficient (Wildman–Crippen LogP) is 7.45. The number of carbonyl (C=O) groups excluding carboxylic acids is 4. The summed E-state index contributed by atoms with van der Waals surface area (Å²) >= 11 is 0. The highest BCUT2D eigenvalue weighted by Crippen LogP contribution is 2.34. The van der Waals surface area contributed by atoms with Crippen LogP contribution in [-0.4, -0.2) is 36.8 Å². The zero-order valence-electron chi connectivity index (χ0n) is 25.6. The number of esters is 2. The van der Waals surface area contributed by atoms with E-state index in [1.807, 2.05) is 73.7 Å². The Labute approximate surface area is 272 Å². The van der Waals surface area contributed by atoms with Crippen molar-refractivity contribution < 1.29 is 33.4 Å². The fraction of sp³-hybridized carbons (Fsp3) is 0.128. The molecule has 0 saturated carbocycles. The van der Waals surface area contributed by atoms with Gasteiger partial charge in [0.25, 0.3) is 0 Å². The van der Waals surface area contributed by atoms with Gasteiger partial charge in [-0.05, 0) is 79.2 Å². The standard InChI is InChI=1S/C39H31NO7/c1-26-11-13-29(14-12-26)39(44)47-33-19-15-28(16-20-33)35(41)25-45-38(43)30-23-37(42)40(24-30)31-17-21-32(22-18-31)46-36-10-6-5-9-34(36)27-7-3-2-4-8-27/h2-22,30H,23-25H2,1H3/t30-/m0/s1. The molecule has 8 heteroatoms. The molecular weight excluding hydrogens is 594 g/mol. The highest BCUT2D eigenvalue weighted by Gasteiger charge is 2.36.